The molecule has 0 bridgehead atoms. The van der Waals surface area contributed by atoms with Crippen molar-refractivity contribution in [3.63, 3.8) is 0 Å². The predicted molar refractivity (Wildman–Crippen MR) is 66.4 cm³/mol. The minimum Gasteiger partial charge on any atom is -0.161 e. The second-order valence-corrected chi connectivity index (χ2v) is 6.08. The second kappa shape index (κ2) is 8.24. The van der Waals surface area contributed by atoms with Crippen molar-refractivity contribution in [2.24, 2.45) is 11.8 Å². The van der Waals surface area contributed by atoms with E-state index >= 15 is 0 Å². The Kier molecular flexibility index (Phi) is 8.27. The van der Waals surface area contributed by atoms with Crippen molar-refractivity contribution < 1.29 is 9.46 Å². The zero-order valence-corrected chi connectivity index (χ0v) is 11.5. The van der Waals surface area contributed by atoms with E-state index in [4.69, 9.17) is 0 Å². The minimum absolute atomic E-state index is 0.0107. The van der Waals surface area contributed by atoms with E-state index in [2.05, 4.69) is 27.7 Å². The van der Waals surface area contributed by atoms with Gasteiger partial charge in [-0.3, -0.25) is 0 Å². The van der Waals surface area contributed by atoms with Gasteiger partial charge in [-0.2, -0.15) is 4.89 Å². The van der Waals surface area contributed by atoms with E-state index < -0.39 is 8.03 Å². The van der Waals surface area contributed by atoms with Crippen LogP contribution < -0.4 is 0 Å². The van der Waals surface area contributed by atoms with Crippen molar-refractivity contribution in [2.45, 2.75) is 65.5 Å². The third-order valence-electron chi connectivity index (χ3n) is 2.99. The molecule has 0 aliphatic rings. The van der Waals surface area contributed by atoms with Crippen molar-refractivity contribution >= 4 is 8.03 Å². The van der Waals surface area contributed by atoms with Gasteiger partial charge in [-0.25, -0.2) is 0 Å². The van der Waals surface area contributed by atoms with Crippen LogP contribution in [-0.2, 0) is 4.57 Å². The van der Waals surface area contributed by atoms with Crippen LogP contribution >= 0.6 is 8.03 Å². The first-order valence-electron chi connectivity index (χ1n) is 6.18. The van der Waals surface area contributed by atoms with Gasteiger partial charge in [0.05, 0.1) is 0 Å². The Morgan fingerprint density at radius 1 is 1.27 bits per heavy atom. The molecule has 0 fully saturated rings. The molecule has 0 aliphatic heterocycles. The highest BCUT2D eigenvalue weighted by Gasteiger charge is 2.36. The Balaban J connectivity index is 4.33. The normalized spacial score (nSPS) is 16.5. The molecular formula is C12H26O2P+. The highest BCUT2D eigenvalue weighted by molar-refractivity contribution is 7.38. The molecule has 1 N–H and O–H groups in total. The van der Waals surface area contributed by atoms with E-state index in [0.717, 1.165) is 19.3 Å². The van der Waals surface area contributed by atoms with Gasteiger partial charge >= 0.3 is 8.03 Å². The van der Waals surface area contributed by atoms with Crippen LogP contribution in [0, 0.1) is 11.8 Å². The van der Waals surface area contributed by atoms with Crippen LogP contribution in [0.5, 0.6) is 0 Å². The lowest BCUT2D eigenvalue weighted by atomic mass is 9.91. The first-order valence-corrected chi connectivity index (χ1v) is 7.46. The summed E-state index contributed by atoms with van der Waals surface area (Å²) >= 11 is 0. The van der Waals surface area contributed by atoms with Gasteiger partial charge in [0.25, 0.3) is 0 Å². The van der Waals surface area contributed by atoms with E-state index in [-0.39, 0.29) is 5.66 Å². The van der Waals surface area contributed by atoms with Gasteiger partial charge in [-0.15, -0.1) is 0 Å². The first kappa shape index (κ1) is 15.1. The summed E-state index contributed by atoms with van der Waals surface area (Å²) in [4.78, 5) is 9.37. The Morgan fingerprint density at radius 3 is 2.20 bits per heavy atom. The lowest BCUT2D eigenvalue weighted by Crippen LogP contribution is -2.19. The predicted octanol–water partition coefficient (Wildman–Crippen LogP) is 4.35. The van der Waals surface area contributed by atoms with Crippen LogP contribution in [0.4, 0.5) is 0 Å². The summed E-state index contributed by atoms with van der Waals surface area (Å²) in [5, 5.41) is 0. The molecule has 3 heteroatoms. The van der Waals surface area contributed by atoms with Crippen LogP contribution in [0.2, 0.25) is 0 Å². The molecule has 3 unspecified atom stereocenters. The third-order valence-corrected chi connectivity index (χ3v) is 4.19. The van der Waals surface area contributed by atoms with E-state index in [9.17, 15) is 9.46 Å². The third kappa shape index (κ3) is 6.27. The molecule has 0 aromatic heterocycles. The van der Waals surface area contributed by atoms with Crippen LogP contribution in [0.15, 0.2) is 0 Å². The molecule has 2 nitrogen and oxygen atoms in total. The number of rotatable bonds is 8. The van der Waals surface area contributed by atoms with Gasteiger partial charge in [0, 0.05) is 5.92 Å². The topological polar surface area (TPSA) is 37.3 Å². The molecule has 0 rings (SSSR count). The zero-order valence-electron chi connectivity index (χ0n) is 10.6. The van der Waals surface area contributed by atoms with Gasteiger partial charge in [0.1, 0.15) is 0 Å². The first-order chi connectivity index (χ1) is 7.02. The standard InChI is InChI=1S/C12H25O2P/c1-5-7-8-11(6-2)12(15(13)14)9-10(3)4/h10-12H,5-9H2,1-4H3/p+1. The van der Waals surface area contributed by atoms with Crippen molar-refractivity contribution in [1.82, 2.24) is 0 Å². The Morgan fingerprint density at radius 2 is 1.87 bits per heavy atom. The highest BCUT2D eigenvalue weighted by atomic mass is 31.1. The molecule has 90 valence electrons. The van der Waals surface area contributed by atoms with E-state index in [0.29, 0.717) is 11.8 Å². The average Bonchev–Trinajstić information content (AvgIpc) is 2.16. The summed E-state index contributed by atoms with van der Waals surface area (Å²) in [7, 11) is -2.01. The number of unbranched alkanes of at least 4 members (excludes halogenated alkanes) is 1. The smallest absolute Gasteiger partial charge is 0.161 e. The molecule has 0 amide bonds. The lowest BCUT2D eigenvalue weighted by Gasteiger charge is -2.18. The van der Waals surface area contributed by atoms with Gasteiger partial charge in [0.2, 0.25) is 0 Å². The van der Waals surface area contributed by atoms with Crippen molar-refractivity contribution in [2.75, 3.05) is 0 Å². The molecule has 3 atom stereocenters. The Hall–Kier alpha value is 0.0600. The molecule has 0 aromatic carbocycles. The maximum absolute atomic E-state index is 11.3. The summed E-state index contributed by atoms with van der Waals surface area (Å²) in [6.45, 7) is 8.55. The maximum Gasteiger partial charge on any atom is 0.508 e. The van der Waals surface area contributed by atoms with Gasteiger partial charge < -0.3 is 0 Å². The molecule has 0 aromatic rings. The summed E-state index contributed by atoms with van der Waals surface area (Å²) in [5.41, 5.74) is 0.0107. The Bertz CT molecular complexity index is 180. The fraction of sp³-hybridized carbons (Fsp3) is 1.00. The average molecular weight is 233 g/mol. The molecular weight excluding hydrogens is 207 g/mol. The fourth-order valence-corrected chi connectivity index (χ4v) is 3.40. The van der Waals surface area contributed by atoms with E-state index in [1.54, 1.807) is 0 Å². The molecule has 0 aliphatic carbocycles. The molecule has 15 heavy (non-hydrogen) atoms. The largest absolute Gasteiger partial charge is 0.508 e. The Labute approximate surface area is 95.3 Å². The van der Waals surface area contributed by atoms with Gasteiger partial charge in [-0.1, -0.05) is 40.5 Å². The van der Waals surface area contributed by atoms with Crippen molar-refractivity contribution in [3.8, 4) is 0 Å². The summed E-state index contributed by atoms with van der Waals surface area (Å²) in [5.74, 6) is 0.942. The van der Waals surface area contributed by atoms with E-state index in [1.165, 1.54) is 12.8 Å². The highest BCUT2D eigenvalue weighted by Crippen LogP contribution is 2.37. The summed E-state index contributed by atoms with van der Waals surface area (Å²) < 4.78 is 11.3. The van der Waals surface area contributed by atoms with Crippen LogP contribution in [0.25, 0.3) is 0 Å². The monoisotopic (exact) mass is 233 g/mol. The van der Waals surface area contributed by atoms with Crippen molar-refractivity contribution in [3.05, 3.63) is 0 Å². The second-order valence-electron chi connectivity index (χ2n) is 4.81. The summed E-state index contributed by atoms with van der Waals surface area (Å²) in [6, 6.07) is 0. The molecule has 0 saturated heterocycles. The lowest BCUT2D eigenvalue weighted by molar-refractivity contribution is 0.360. The van der Waals surface area contributed by atoms with Crippen LogP contribution in [0.3, 0.4) is 0 Å². The summed E-state index contributed by atoms with van der Waals surface area (Å²) in [6.07, 6.45) is 5.36. The number of hydrogen-bond acceptors (Lipinski definition) is 1. The van der Waals surface area contributed by atoms with E-state index in [1.807, 2.05) is 0 Å². The molecule has 0 heterocycles. The molecule has 0 spiro atoms. The zero-order chi connectivity index (χ0) is 11.8. The SMILES string of the molecule is CCCCC(CC)C(CC(C)C)[P+](=O)O. The number of hydrogen-bond donors (Lipinski definition) is 1. The molecule has 0 radical (unpaired) electrons. The van der Waals surface area contributed by atoms with Gasteiger partial charge in [-0.05, 0) is 29.7 Å². The van der Waals surface area contributed by atoms with Gasteiger partial charge in [0.15, 0.2) is 5.66 Å². The molecule has 0 saturated carbocycles. The van der Waals surface area contributed by atoms with Crippen LogP contribution in [-0.4, -0.2) is 10.6 Å². The fourth-order valence-electron chi connectivity index (χ4n) is 2.08. The quantitative estimate of drug-likeness (QED) is 0.633. The van der Waals surface area contributed by atoms with Crippen molar-refractivity contribution in [1.29, 1.82) is 0 Å². The minimum atomic E-state index is -2.01. The van der Waals surface area contributed by atoms with Crippen LogP contribution in [0.1, 0.15) is 59.8 Å². The maximum atomic E-state index is 11.3.